The maximum atomic E-state index is 11.7. The predicted octanol–water partition coefficient (Wildman–Crippen LogP) is 1.88. The van der Waals surface area contributed by atoms with Crippen LogP contribution in [0, 0.1) is 10.7 Å². The van der Waals surface area contributed by atoms with Crippen molar-refractivity contribution in [3.05, 3.63) is 22.3 Å². The molecular weight excluding hydrogens is 649 g/mol. The summed E-state index contributed by atoms with van der Waals surface area (Å²) in [7, 11) is 1.79. The maximum absolute atomic E-state index is 11.7. The largest absolute Gasteiger partial charge is 0.375 e. The van der Waals surface area contributed by atoms with Gasteiger partial charge in [0.1, 0.15) is 0 Å². The van der Waals surface area contributed by atoms with Gasteiger partial charge in [0, 0.05) is 55.9 Å². The number of rotatable bonds is 9. The Labute approximate surface area is 184 Å². The number of carbonyl (C=O) groups is 1. The SMILES string of the molecule is CC(=O)N(C)c1c(I)cc(I)c(COCC(N)CNCCN)c1I. The van der Waals surface area contributed by atoms with Crippen molar-refractivity contribution in [1.82, 2.24) is 5.32 Å². The van der Waals surface area contributed by atoms with Gasteiger partial charge >= 0.3 is 0 Å². The summed E-state index contributed by atoms with van der Waals surface area (Å²) in [5.41, 5.74) is 13.5. The summed E-state index contributed by atoms with van der Waals surface area (Å²) >= 11 is 6.85. The number of hydrogen-bond donors (Lipinski definition) is 3. The first-order valence-electron chi connectivity index (χ1n) is 7.44. The second-order valence-electron chi connectivity index (χ2n) is 5.33. The molecule has 0 aliphatic carbocycles. The van der Waals surface area contributed by atoms with E-state index in [1.807, 2.05) is 0 Å². The molecule has 0 fully saturated rings. The lowest BCUT2D eigenvalue weighted by molar-refractivity contribution is -0.116. The third-order valence-corrected chi connectivity index (χ3v) is 6.30. The van der Waals surface area contributed by atoms with Crippen LogP contribution in [-0.4, -0.2) is 45.2 Å². The van der Waals surface area contributed by atoms with Gasteiger partial charge in [0.2, 0.25) is 5.91 Å². The molecule has 0 bridgehead atoms. The van der Waals surface area contributed by atoms with E-state index in [9.17, 15) is 4.79 Å². The van der Waals surface area contributed by atoms with E-state index in [0.29, 0.717) is 26.3 Å². The summed E-state index contributed by atoms with van der Waals surface area (Å²) in [6, 6.07) is 1.99. The average molecular weight is 672 g/mol. The van der Waals surface area contributed by atoms with E-state index in [1.165, 1.54) is 0 Å². The van der Waals surface area contributed by atoms with Gasteiger partial charge in [-0.05, 0) is 73.8 Å². The van der Waals surface area contributed by atoms with Crippen LogP contribution in [0.25, 0.3) is 0 Å². The molecule has 5 N–H and O–H groups in total. The molecular formula is C15H23I3N4O2. The number of hydrogen-bond acceptors (Lipinski definition) is 5. The van der Waals surface area contributed by atoms with Gasteiger partial charge in [-0.25, -0.2) is 0 Å². The van der Waals surface area contributed by atoms with Gasteiger partial charge < -0.3 is 26.4 Å². The molecule has 0 saturated heterocycles. The van der Waals surface area contributed by atoms with Crippen LogP contribution >= 0.6 is 67.8 Å². The molecule has 9 heteroatoms. The number of carbonyl (C=O) groups excluding carboxylic acids is 1. The molecule has 1 amide bonds. The molecule has 6 nitrogen and oxygen atoms in total. The Bertz CT molecular complexity index is 572. The second kappa shape index (κ2) is 11.4. The number of nitrogens with two attached hydrogens (primary N) is 2. The third-order valence-electron chi connectivity index (χ3n) is 3.35. The van der Waals surface area contributed by atoms with Crippen LogP contribution in [0.2, 0.25) is 0 Å². The highest BCUT2D eigenvalue weighted by atomic mass is 127. The summed E-state index contributed by atoms with van der Waals surface area (Å²) in [5, 5.41) is 3.17. The molecule has 1 aromatic rings. The lowest BCUT2D eigenvalue weighted by Crippen LogP contribution is -2.39. The molecule has 0 aliphatic heterocycles. The van der Waals surface area contributed by atoms with Gasteiger partial charge in [0.05, 0.1) is 18.9 Å². The van der Waals surface area contributed by atoms with Crippen LogP contribution < -0.4 is 21.7 Å². The van der Waals surface area contributed by atoms with Gasteiger partial charge in [-0.2, -0.15) is 0 Å². The van der Waals surface area contributed by atoms with E-state index in [1.54, 1.807) is 18.9 Å². The molecule has 1 aromatic carbocycles. The van der Waals surface area contributed by atoms with Gasteiger partial charge in [-0.15, -0.1) is 0 Å². The average Bonchev–Trinajstić information content (AvgIpc) is 2.50. The Kier molecular flexibility index (Phi) is 10.8. The molecule has 24 heavy (non-hydrogen) atoms. The van der Waals surface area contributed by atoms with Crippen molar-refractivity contribution in [2.45, 2.75) is 19.6 Å². The third kappa shape index (κ3) is 6.79. The fourth-order valence-electron chi connectivity index (χ4n) is 1.98. The zero-order valence-corrected chi connectivity index (χ0v) is 20.2. The van der Waals surface area contributed by atoms with Gasteiger partial charge in [0.25, 0.3) is 0 Å². The number of amides is 1. The number of nitrogens with one attached hydrogen (secondary N) is 1. The van der Waals surface area contributed by atoms with Gasteiger partial charge in [-0.1, -0.05) is 0 Å². The zero-order chi connectivity index (χ0) is 18.3. The number of ether oxygens (including phenoxy) is 1. The number of halogens is 3. The number of nitrogens with zero attached hydrogens (tertiary/aromatic N) is 1. The fraction of sp³-hybridized carbons (Fsp3) is 0.533. The highest BCUT2D eigenvalue weighted by Crippen LogP contribution is 2.34. The van der Waals surface area contributed by atoms with Crippen LogP contribution in [0.1, 0.15) is 12.5 Å². The minimum Gasteiger partial charge on any atom is -0.375 e. The lowest BCUT2D eigenvalue weighted by Gasteiger charge is -2.22. The van der Waals surface area contributed by atoms with E-state index in [0.717, 1.165) is 28.5 Å². The normalized spacial score (nSPS) is 12.3. The van der Waals surface area contributed by atoms with Crippen molar-refractivity contribution in [2.24, 2.45) is 11.5 Å². The Balaban J connectivity index is 2.78. The fourth-order valence-corrected chi connectivity index (χ4v) is 6.38. The van der Waals surface area contributed by atoms with Crippen LogP contribution in [0.5, 0.6) is 0 Å². The Morgan fingerprint density at radius 3 is 2.62 bits per heavy atom. The van der Waals surface area contributed by atoms with Gasteiger partial charge in [-0.3, -0.25) is 4.79 Å². The molecule has 1 unspecified atom stereocenters. The molecule has 0 saturated carbocycles. The topological polar surface area (TPSA) is 93.6 Å². The molecule has 0 radical (unpaired) electrons. The summed E-state index contributed by atoms with van der Waals surface area (Å²) < 4.78 is 9.00. The summed E-state index contributed by atoms with van der Waals surface area (Å²) in [6.45, 7) is 4.52. The van der Waals surface area contributed by atoms with Gasteiger partial charge in [0.15, 0.2) is 0 Å². The standard InChI is InChI=1S/C15H23I3N4O2/c1-9(23)22(2)15-13(17)5-12(16)11(14(15)18)8-24-7-10(20)6-21-4-3-19/h5,10,21H,3-4,6-8,19-20H2,1-2H3. The molecule has 0 aromatic heterocycles. The first-order chi connectivity index (χ1) is 11.3. The summed E-state index contributed by atoms with van der Waals surface area (Å²) in [5.74, 6) is 0.00640. The lowest BCUT2D eigenvalue weighted by atomic mass is 10.2. The monoisotopic (exact) mass is 672 g/mol. The molecule has 0 spiro atoms. The highest BCUT2D eigenvalue weighted by molar-refractivity contribution is 14.1. The minimum atomic E-state index is -0.0740. The van der Waals surface area contributed by atoms with Crippen molar-refractivity contribution in [2.75, 3.05) is 38.2 Å². The summed E-state index contributed by atoms with van der Waals surface area (Å²) in [6.07, 6.45) is 0. The van der Waals surface area contributed by atoms with Crippen molar-refractivity contribution in [3.63, 3.8) is 0 Å². The van der Waals surface area contributed by atoms with Crippen molar-refractivity contribution < 1.29 is 9.53 Å². The number of benzene rings is 1. The molecule has 0 heterocycles. The van der Waals surface area contributed by atoms with Crippen molar-refractivity contribution >= 4 is 79.4 Å². The van der Waals surface area contributed by atoms with E-state index in [2.05, 4.69) is 79.2 Å². The Hall–Kier alpha value is 0.720. The Morgan fingerprint density at radius 1 is 1.38 bits per heavy atom. The maximum Gasteiger partial charge on any atom is 0.223 e. The predicted molar refractivity (Wildman–Crippen MR) is 123 cm³/mol. The molecule has 0 aliphatic rings. The first kappa shape index (κ1) is 22.8. The molecule has 1 atom stereocenters. The number of anilines is 1. The quantitative estimate of drug-likeness (QED) is 0.276. The molecule has 1 rings (SSSR count). The zero-order valence-electron chi connectivity index (χ0n) is 13.7. The Morgan fingerprint density at radius 2 is 2.04 bits per heavy atom. The summed E-state index contributed by atoms with van der Waals surface area (Å²) in [4.78, 5) is 13.4. The highest BCUT2D eigenvalue weighted by Gasteiger charge is 2.19. The van der Waals surface area contributed by atoms with Crippen LogP contribution in [-0.2, 0) is 16.1 Å². The minimum absolute atomic E-state index is 0.00640. The van der Waals surface area contributed by atoms with Crippen molar-refractivity contribution in [1.29, 1.82) is 0 Å². The van der Waals surface area contributed by atoms with E-state index < -0.39 is 0 Å². The first-order valence-corrected chi connectivity index (χ1v) is 10.7. The van der Waals surface area contributed by atoms with Crippen LogP contribution in [0.4, 0.5) is 5.69 Å². The van der Waals surface area contributed by atoms with Crippen LogP contribution in [0.3, 0.4) is 0 Å². The smallest absolute Gasteiger partial charge is 0.223 e. The van der Waals surface area contributed by atoms with E-state index >= 15 is 0 Å². The van der Waals surface area contributed by atoms with E-state index in [4.69, 9.17) is 16.2 Å². The molecule has 136 valence electrons. The van der Waals surface area contributed by atoms with E-state index in [-0.39, 0.29) is 11.9 Å². The van der Waals surface area contributed by atoms with Crippen molar-refractivity contribution in [3.8, 4) is 0 Å². The second-order valence-corrected chi connectivity index (χ2v) is 8.73. The van der Waals surface area contributed by atoms with Crippen LogP contribution in [0.15, 0.2) is 6.07 Å².